The zero-order valence-electron chi connectivity index (χ0n) is 12.5. The van der Waals surface area contributed by atoms with Crippen LogP contribution in [0.25, 0.3) is 0 Å². The minimum Gasteiger partial charge on any atom is -0.480 e. The molecule has 0 saturated heterocycles. The van der Waals surface area contributed by atoms with Gasteiger partial charge in [-0.3, -0.25) is 9.69 Å². The van der Waals surface area contributed by atoms with Crippen LogP contribution in [0.4, 0.5) is 4.79 Å². The molecule has 0 aliphatic heterocycles. The highest BCUT2D eigenvalue weighted by atomic mass is 16.4. The Labute approximate surface area is 119 Å². The van der Waals surface area contributed by atoms with E-state index in [0.29, 0.717) is 0 Å². The lowest BCUT2D eigenvalue weighted by atomic mass is 9.85. The highest BCUT2D eigenvalue weighted by Gasteiger charge is 2.47. The van der Waals surface area contributed by atoms with Crippen LogP contribution in [0.15, 0.2) is 0 Å². The summed E-state index contributed by atoms with van der Waals surface area (Å²) in [6, 6.07) is 0.645. The summed E-state index contributed by atoms with van der Waals surface area (Å²) in [5.41, 5.74) is 0.236. The number of carboxylic acids is 1. The molecule has 0 bridgehead atoms. The summed E-state index contributed by atoms with van der Waals surface area (Å²) in [7, 11) is 0. The Kier molecular flexibility index (Phi) is 4.22. The number of amides is 2. The largest absolute Gasteiger partial charge is 0.480 e. The van der Waals surface area contributed by atoms with E-state index in [1.165, 1.54) is 0 Å². The van der Waals surface area contributed by atoms with Crippen LogP contribution in [-0.4, -0.2) is 53.2 Å². The molecule has 2 aliphatic rings. The fourth-order valence-electron chi connectivity index (χ4n) is 2.78. The Balaban J connectivity index is 1.66. The van der Waals surface area contributed by atoms with Crippen molar-refractivity contribution in [3.05, 3.63) is 0 Å². The standard InChI is InChI=1S/C14H25N3O3/c1-4-17(8-12(18)19)10-5-9(6-10)15-13(20)16-11-7-14(11,2)3/h9-11H,4-8H2,1-3H3,(H,18,19)(H2,15,16,20). The van der Waals surface area contributed by atoms with Crippen molar-refractivity contribution in [3.63, 3.8) is 0 Å². The SMILES string of the molecule is CCN(CC(=O)O)C1CC(NC(=O)NC2CC2(C)C)C1. The number of carbonyl (C=O) groups is 2. The summed E-state index contributed by atoms with van der Waals surface area (Å²) in [6.07, 6.45) is 2.71. The second-order valence-corrected chi connectivity index (χ2v) is 6.64. The fourth-order valence-corrected chi connectivity index (χ4v) is 2.78. The predicted molar refractivity (Wildman–Crippen MR) is 75.5 cm³/mol. The van der Waals surface area contributed by atoms with Crippen molar-refractivity contribution in [1.82, 2.24) is 15.5 Å². The van der Waals surface area contributed by atoms with Gasteiger partial charge in [0.1, 0.15) is 0 Å². The molecule has 2 fully saturated rings. The van der Waals surface area contributed by atoms with Crippen LogP contribution in [0.1, 0.15) is 40.0 Å². The van der Waals surface area contributed by atoms with E-state index in [1.54, 1.807) is 0 Å². The molecule has 0 spiro atoms. The Bertz CT molecular complexity index is 391. The average Bonchev–Trinajstić information content (AvgIpc) is 2.87. The van der Waals surface area contributed by atoms with Crippen LogP contribution in [0.5, 0.6) is 0 Å². The molecular formula is C14H25N3O3. The first-order valence-corrected chi connectivity index (χ1v) is 7.34. The second kappa shape index (κ2) is 5.60. The Morgan fingerprint density at radius 2 is 1.90 bits per heavy atom. The molecule has 0 aromatic carbocycles. The second-order valence-electron chi connectivity index (χ2n) is 6.64. The van der Waals surface area contributed by atoms with E-state index in [4.69, 9.17) is 5.11 Å². The van der Waals surface area contributed by atoms with E-state index in [0.717, 1.165) is 25.8 Å². The quantitative estimate of drug-likeness (QED) is 0.680. The van der Waals surface area contributed by atoms with Gasteiger partial charge in [0.2, 0.25) is 0 Å². The molecular weight excluding hydrogens is 258 g/mol. The topological polar surface area (TPSA) is 81.7 Å². The first-order valence-electron chi connectivity index (χ1n) is 7.34. The number of likely N-dealkylation sites (N-methyl/N-ethyl adjacent to an activating group) is 1. The van der Waals surface area contributed by atoms with Crippen molar-refractivity contribution >= 4 is 12.0 Å². The maximum absolute atomic E-state index is 11.8. The number of carbonyl (C=O) groups excluding carboxylic acids is 1. The van der Waals surface area contributed by atoms with Crippen LogP contribution < -0.4 is 10.6 Å². The van der Waals surface area contributed by atoms with Gasteiger partial charge in [0, 0.05) is 18.1 Å². The van der Waals surface area contributed by atoms with Gasteiger partial charge < -0.3 is 15.7 Å². The van der Waals surface area contributed by atoms with Gasteiger partial charge in [0.15, 0.2) is 0 Å². The number of nitrogens with zero attached hydrogens (tertiary/aromatic N) is 1. The monoisotopic (exact) mass is 283 g/mol. The lowest BCUT2D eigenvalue weighted by Crippen LogP contribution is -2.56. The van der Waals surface area contributed by atoms with Gasteiger partial charge in [-0.05, 0) is 31.2 Å². The van der Waals surface area contributed by atoms with Gasteiger partial charge in [0.05, 0.1) is 6.54 Å². The summed E-state index contributed by atoms with van der Waals surface area (Å²) >= 11 is 0. The molecule has 20 heavy (non-hydrogen) atoms. The van der Waals surface area contributed by atoms with E-state index in [9.17, 15) is 9.59 Å². The van der Waals surface area contributed by atoms with Gasteiger partial charge in [0.25, 0.3) is 0 Å². The van der Waals surface area contributed by atoms with Crippen molar-refractivity contribution in [2.24, 2.45) is 5.41 Å². The van der Waals surface area contributed by atoms with Gasteiger partial charge in [-0.25, -0.2) is 4.79 Å². The van der Waals surface area contributed by atoms with Gasteiger partial charge in [-0.15, -0.1) is 0 Å². The summed E-state index contributed by atoms with van der Waals surface area (Å²) in [6.45, 7) is 7.05. The third-order valence-electron chi connectivity index (χ3n) is 4.53. The van der Waals surface area contributed by atoms with Crippen LogP contribution in [-0.2, 0) is 4.79 Å². The number of nitrogens with one attached hydrogen (secondary N) is 2. The van der Waals surface area contributed by atoms with Gasteiger partial charge in [-0.1, -0.05) is 20.8 Å². The maximum Gasteiger partial charge on any atom is 0.317 e. The molecule has 0 aromatic rings. The summed E-state index contributed by atoms with van der Waals surface area (Å²) in [4.78, 5) is 24.5. The van der Waals surface area contributed by atoms with Gasteiger partial charge >= 0.3 is 12.0 Å². The van der Waals surface area contributed by atoms with E-state index >= 15 is 0 Å². The summed E-state index contributed by atoms with van der Waals surface area (Å²) in [5.74, 6) is -0.794. The number of hydrogen-bond acceptors (Lipinski definition) is 3. The van der Waals surface area contributed by atoms with E-state index in [2.05, 4.69) is 24.5 Å². The molecule has 3 N–H and O–H groups in total. The van der Waals surface area contributed by atoms with Crippen LogP contribution in [0.2, 0.25) is 0 Å². The number of aliphatic carboxylic acids is 1. The molecule has 0 radical (unpaired) electrons. The molecule has 2 aliphatic carbocycles. The van der Waals surface area contributed by atoms with Crippen LogP contribution >= 0.6 is 0 Å². The van der Waals surface area contributed by atoms with Crippen molar-refractivity contribution in [2.75, 3.05) is 13.1 Å². The normalized spacial score (nSPS) is 30.5. The van der Waals surface area contributed by atoms with Crippen molar-refractivity contribution in [2.45, 2.75) is 58.2 Å². The van der Waals surface area contributed by atoms with E-state index < -0.39 is 5.97 Å². The number of urea groups is 1. The van der Waals surface area contributed by atoms with Crippen LogP contribution in [0, 0.1) is 5.41 Å². The van der Waals surface area contributed by atoms with Crippen molar-refractivity contribution < 1.29 is 14.7 Å². The zero-order valence-corrected chi connectivity index (χ0v) is 12.5. The molecule has 0 aromatic heterocycles. The fraction of sp³-hybridized carbons (Fsp3) is 0.857. The molecule has 2 rings (SSSR count). The smallest absolute Gasteiger partial charge is 0.317 e. The van der Waals surface area contributed by atoms with Crippen molar-refractivity contribution in [1.29, 1.82) is 0 Å². The first kappa shape index (κ1) is 15.1. The molecule has 2 saturated carbocycles. The molecule has 2 amide bonds. The number of rotatable bonds is 6. The van der Waals surface area contributed by atoms with E-state index in [1.807, 2.05) is 11.8 Å². The van der Waals surface area contributed by atoms with Gasteiger partial charge in [-0.2, -0.15) is 0 Å². The third-order valence-corrected chi connectivity index (χ3v) is 4.53. The molecule has 0 heterocycles. The molecule has 1 unspecified atom stereocenters. The number of hydrogen-bond donors (Lipinski definition) is 3. The Hall–Kier alpha value is -1.30. The molecule has 6 nitrogen and oxygen atoms in total. The molecule has 1 atom stereocenters. The average molecular weight is 283 g/mol. The first-order chi connectivity index (χ1) is 9.31. The minimum absolute atomic E-state index is 0.0797. The number of carboxylic acid groups (broad SMARTS) is 1. The van der Waals surface area contributed by atoms with Crippen LogP contribution in [0.3, 0.4) is 0 Å². The minimum atomic E-state index is -0.794. The third kappa shape index (κ3) is 3.62. The Morgan fingerprint density at radius 3 is 2.35 bits per heavy atom. The lowest BCUT2D eigenvalue weighted by Gasteiger charge is -2.42. The van der Waals surface area contributed by atoms with E-state index in [-0.39, 0.29) is 36.1 Å². The van der Waals surface area contributed by atoms with Crippen molar-refractivity contribution in [3.8, 4) is 0 Å². The lowest BCUT2D eigenvalue weighted by molar-refractivity contribution is -0.139. The summed E-state index contributed by atoms with van der Waals surface area (Å²) in [5, 5.41) is 14.8. The predicted octanol–water partition coefficient (Wildman–Crippen LogP) is 1.02. The maximum atomic E-state index is 11.8. The highest BCUT2D eigenvalue weighted by molar-refractivity contribution is 5.75. The molecule has 114 valence electrons. The molecule has 6 heteroatoms. The summed E-state index contributed by atoms with van der Waals surface area (Å²) < 4.78 is 0. The zero-order chi connectivity index (χ0) is 14.9. The Morgan fingerprint density at radius 1 is 1.30 bits per heavy atom. The highest BCUT2D eigenvalue weighted by Crippen LogP contribution is 2.44.